The van der Waals surface area contributed by atoms with Gasteiger partial charge in [-0.25, -0.2) is 8.42 Å². The Balaban J connectivity index is 2.29. The molecule has 0 bridgehead atoms. The Morgan fingerprint density at radius 2 is 2.06 bits per heavy atom. The molecule has 1 heterocycles. The average Bonchev–Trinajstić information content (AvgIpc) is 2.79. The summed E-state index contributed by atoms with van der Waals surface area (Å²) in [5.74, 6) is -0.831. The Morgan fingerprint density at radius 1 is 1.39 bits per heavy atom. The number of sulfonamides is 1. The Morgan fingerprint density at radius 3 is 2.61 bits per heavy atom. The van der Waals surface area contributed by atoms with E-state index in [1.807, 2.05) is 0 Å². The molecule has 7 heteroatoms. The maximum absolute atomic E-state index is 12.4. The Hall–Kier alpha value is -0.920. The predicted molar refractivity (Wildman–Crippen MR) is 70.2 cm³/mol. The van der Waals surface area contributed by atoms with Crippen molar-refractivity contribution in [1.29, 1.82) is 0 Å². The number of benzene rings is 1. The minimum Gasteiger partial charge on any atom is -0.369 e. The zero-order chi connectivity index (χ0) is 13.3. The molecule has 0 aliphatic carbocycles. The van der Waals surface area contributed by atoms with E-state index in [1.54, 1.807) is 18.2 Å². The van der Waals surface area contributed by atoms with Crippen LogP contribution in [0.5, 0.6) is 0 Å². The van der Waals surface area contributed by atoms with Gasteiger partial charge in [0.15, 0.2) is 0 Å². The van der Waals surface area contributed by atoms with Gasteiger partial charge in [0.25, 0.3) is 0 Å². The third kappa shape index (κ3) is 2.43. The van der Waals surface area contributed by atoms with Gasteiger partial charge in [-0.1, -0.05) is 12.1 Å². The number of nitrogens with zero attached hydrogens (tertiary/aromatic N) is 1. The number of hydrogen-bond donors (Lipinski definition) is 1. The molecule has 1 aliphatic rings. The fraction of sp³-hybridized carbons (Fsp3) is 0.364. The molecule has 0 radical (unpaired) electrons. The second kappa shape index (κ2) is 4.99. The lowest BCUT2D eigenvalue weighted by molar-refractivity contribution is -0.121. The molecule has 1 fully saturated rings. The van der Waals surface area contributed by atoms with E-state index in [9.17, 15) is 13.2 Å². The lowest BCUT2D eigenvalue weighted by Crippen LogP contribution is -2.32. The van der Waals surface area contributed by atoms with E-state index in [-0.39, 0.29) is 17.4 Å². The normalized spacial score (nSPS) is 21.1. The molecular weight excluding hydrogens is 320 g/mol. The van der Waals surface area contributed by atoms with Gasteiger partial charge >= 0.3 is 0 Å². The Bertz CT molecular complexity index is 573. The van der Waals surface area contributed by atoms with Crippen molar-refractivity contribution in [1.82, 2.24) is 4.31 Å². The van der Waals surface area contributed by atoms with Crippen LogP contribution in [0.3, 0.4) is 0 Å². The molecule has 18 heavy (non-hydrogen) atoms. The average molecular weight is 333 g/mol. The highest BCUT2D eigenvalue weighted by Gasteiger charge is 2.35. The first-order chi connectivity index (χ1) is 8.43. The molecule has 0 spiro atoms. The third-order valence-electron chi connectivity index (χ3n) is 3.01. The van der Waals surface area contributed by atoms with Gasteiger partial charge in [0.05, 0.1) is 10.8 Å². The minimum atomic E-state index is -3.56. The number of halogens is 1. The van der Waals surface area contributed by atoms with Crippen LogP contribution in [0.15, 0.2) is 33.6 Å². The fourth-order valence-electron chi connectivity index (χ4n) is 1.97. The van der Waals surface area contributed by atoms with Gasteiger partial charge in [-0.05, 0) is 34.5 Å². The number of hydrogen-bond acceptors (Lipinski definition) is 3. The van der Waals surface area contributed by atoms with Gasteiger partial charge in [-0.2, -0.15) is 4.31 Å². The van der Waals surface area contributed by atoms with Crippen LogP contribution in [-0.2, 0) is 14.8 Å². The number of rotatable bonds is 3. The number of carbonyl (C=O) groups excluding carboxylic acids is 1. The molecule has 5 nitrogen and oxygen atoms in total. The van der Waals surface area contributed by atoms with Crippen LogP contribution in [0.4, 0.5) is 0 Å². The van der Waals surface area contributed by atoms with Crippen LogP contribution in [0, 0.1) is 5.92 Å². The van der Waals surface area contributed by atoms with Crippen molar-refractivity contribution < 1.29 is 13.2 Å². The summed E-state index contributed by atoms with van der Waals surface area (Å²) < 4.78 is 26.6. The first kappa shape index (κ1) is 13.5. The van der Waals surface area contributed by atoms with Gasteiger partial charge in [0.2, 0.25) is 15.9 Å². The molecule has 1 aromatic rings. The third-order valence-corrected chi connectivity index (χ3v) is 5.89. The van der Waals surface area contributed by atoms with Crippen molar-refractivity contribution in [2.75, 3.05) is 13.1 Å². The summed E-state index contributed by atoms with van der Waals surface area (Å²) in [6.45, 7) is 0.496. The summed E-state index contributed by atoms with van der Waals surface area (Å²) in [4.78, 5) is 11.3. The quantitative estimate of drug-likeness (QED) is 0.894. The monoisotopic (exact) mass is 332 g/mol. The Labute approximate surface area is 114 Å². The highest BCUT2D eigenvalue weighted by atomic mass is 79.9. The molecule has 2 rings (SSSR count). The van der Waals surface area contributed by atoms with Crippen LogP contribution >= 0.6 is 15.9 Å². The van der Waals surface area contributed by atoms with Crippen molar-refractivity contribution in [3.05, 3.63) is 28.7 Å². The summed E-state index contributed by atoms with van der Waals surface area (Å²) in [5.41, 5.74) is 5.20. The van der Waals surface area contributed by atoms with E-state index >= 15 is 0 Å². The van der Waals surface area contributed by atoms with E-state index < -0.39 is 15.9 Å². The molecule has 1 atom stereocenters. The minimum absolute atomic E-state index is 0.166. The zero-order valence-electron chi connectivity index (χ0n) is 9.54. The van der Waals surface area contributed by atoms with Gasteiger partial charge in [-0.15, -0.1) is 0 Å². The van der Waals surface area contributed by atoms with Crippen LogP contribution in [0.25, 0.3) is 0 Å². The molecule has 2 N–H and O–H groups in total. The first-order valence-corrected chi connectivity index (χ1v) is 7.70. The standard InChI is InChI=1S/C11H13BrN2O3S/c12-9-3-1-2-4-10(9)18(16,17)14-6-5-8(7-14)11(13)15/h1-4,8H,5-7H2,(H2,13,15)/t8-/m0/s1. The van der Waals surface area contributed by atoms with Crippen LogP contribution in [0.1, 0.15) is 6.42 Å². The van der Waals surface area contributed by atoms with Gasteiger partial charge < -0.3 is 5.73 Å². The van der Waals surface area contributed by atoms with E-state index in [1.165, 1.54) is 10.4 Å². The van der Waals surface area contributed by atoms with E-state index in [0.717, 1.165) is 0 Å². The van der Waals surface area contributed by atoms with Gasteiger partial charge in [-0.3, -0.25) is 4.79 Å². The maximum atomic E-state index is 12.4. The topological polar surface area (TPSA) is 80.5 Å². The lowest BCUT2D eigenvalue weighted by Gasteiger charge is -2.16. The highest BCUT2D eigenvalue weighted by molar-refractivity contribution is 9.10. The number of carbonyl (C=O) groups is 1. The molecule has 1 aromatic carbocycles. The summed E-state index contributed by atoms with van der Waals surface area (Å²) in [6.07, 6.45) is 0.485. The summed E-state index contributed by atoms with van der Waals surface area (Å²) in [6, 6.07) is 6.63. The van der Waals surface area contributed by atoms with Crippen molar-refractivity contribution >= 4 is 31.9 Å². The maximum Gasteiger partial charge on any atom is 0.244 e. The molecule has 1 saturated heterocycles. The van der Waals surface area contributed by atoms with Crippen LogP contribution < -0.4 is 5.73 Å². The second-order valence-electron chi connectivity index (χ2n) is 4.18. The predicted octanol–water partition coefficient (Wildman–Crippen LogP) is 0.945. The number of primary amides is 1. The molecule has 98 valence electrons. The van der Waals surface area contributed by atoms with E-state index in [2.05, 4.69) is 15.9 Å². The molecule has 0 aromatic heterocycles. The van der Waals surface area contributed by atoms with Crippen molar-refractivity contribution in [3.8, 4) is 0 Å². The molecule has 0 unspecified atom stereocenters. The Kier molecular flexibility index (Phi) is 3.74. The smallest absolute Gasteiger partial charge is 0.244 e. The summed E-state index contributed by atoms with van der Waals surface area (Å²) in [7, 11) is -3.56. The van der Waals surface area contributed by atoms with E-state index in [4.69, 9.17) is 5.73 Å². The first-order valence-electron chi connectivity index (χ1n) is 5.47. The van der Waals surface area contributed by atoms with Crippen LogP contribution in [0.2, 0.25) is 0 Å². The molecule has 1 amide bonds. The lowest BCUT2D eigenvalue weighted by atomic mass is 10.1. The summed E-state index contributed by atoms with van der Waals surface area (Å²) in [5, 5.41) is 0. The molecule has 0 saturated carbocycles. The summed E-state index contributed by atoms with van der Waals surface area (Å²) >= 11 is 3.23. The zero-order valence-corrected chi connectivity index (χ0v) is 11.9. The van der Waals surface area contributed by atoms with Crippen molar-refractivity contribution in [2.45, 2.75) is 11.3 Å². The van der Waals surface area contributed by atoms with Gasteiger partial charge in [0, 0.05) is 17.6 Å². The molecular formula is C11H13BrN2O3S. The molecule has 1 aliphatic heterocycles. The fourth-order valence-corrected chi connectivity index (χ4v) is 4.44. The van der Waals surface area contributed by atoms with Crippen molar-refractivity contribution in [2.24, 2.45) is 11.7 Å². The largest absolute Gasteiger partial charge is 0.369 e. The van der Waals surface area contributed by atoms with Crippen molar-refractivity contribution in [3.63, 3.8) is 0 Å². The number of amides is 1. The highest BCUT2D eigenvalue weighted by Crippen LogP contribution is 2.28. The number of nitrogens with two attached hydrogens (primary N) is 1. The second-order valence-corrected chi connectivity index (χ2v) is 6.94. The van der Waals surface area contributed by atoms with E-state index in [0.29, 0.717) is 17.4 Å². The van der Waals surface area contributed by atoms with Gasteiger partial charge in [0.1, 0.15) is 0 Å². The van der Waals surface area contributed by atoms with Crippen LogP contribution in [-0.4, -0.2) is 31.7 Å². The SMILES string of the molecule is NC(=O)[C@H]1CCN(S(=O)(=O)c2ccccc2Br)C1.